The van der Waals surface area contributed by atoms with Crippen molar-refractivity contribution in [1.29, 1.82) is 0 Å². The maximum atomic E-state index is 13.0. The number of para-hydroxylation sites is 2. The molecule has 4 aromatic rings. The lowest BCUT2D eigenvalue weighted by Gasteiger charge is -2.08. The van der Waals surface area contributed by atoms with Crippen LogP contribution in [0.2, 0.25) is 0 Å². The minimum atomic E-state index is -0.418. The third kappa shape index (κ3) is 4.00. The number of ether oxygens (including phenoxy) is 1. The van der Waals surface area contributed by atoms with Crippen LogP contribution in [-0.2, 0) is 0 Å². The number of rotatable bonds is 4. The summed E-state index contributed by atoms with van der Waals surface area (Å²) in [6, 6.07) is 17.1. The number of hydrogen-bond donors (Lipinski definition) is 2. The first-order valence-electron chi connectivity index (χ1n) is 9.22. The summed E-state index contributed by atoms with van der Waals surface area (Å²) in [5.41, 5.74) is 2.20. The van der Waals surface area contributed by atoms with E-state index < -0.39 is 5.91 Å². The topological polar surface area (TPSA) is 97.0 Å². The number of anilines is 1. The van der Waals surface area contributed by atoms with Crippen molar-refractivity contribution < 1.29 is 19.1 Å². The molecule has 0 radical (unpaired) electrons. The number of phenolic OH excluding ortho intramolecular Hbond substituents is 1. The number of aromatic nitrogens is 1. The zero-order valence-corrected chi connectivity index (χ0v) is 16.4. The molecule has 1 amide bonds. The van der Waals surface area contributed by atoms with Crippen molar-refractivity contribution in [2.24, 2.45) is 4.99 Å². The summed E-state index contributed by atoms with van der Waals surface area (Å²) in [4.78, 5) is 21.7. The van der Waals surface area contributed by atoms with Crippen LogP contribution >= 0.6 is 0 Å². The van der Waals surface area contributed by atoms with Crippen LogP contribution in [-0.4, -0.2) is 23.1 Å². The van der Waals surface area contributed by atoms with Gasteiger partial charge < -0.3 is 19.6 Å². The van der Waals surface area contributed by atoms with Crippen LogP contribution in [0.15, 0.2) is 76.3 Å². The molecule has 0 aliphatic rings. The highest BCUT2D eigenvalue weighted by Gasteiger charge is 2.15. The number of aryl methyl sites for hydroxylation is 1. The minimum Gasteiger partial charge on any atom is -0.508 e. The monoisotopic (exact) mass is 401 g/mol. The fourth-order valence-corrected chi connectivity index (χ4v) is 2.91. The molecule has 0 aliphatic carbocycles. The van der Waals surface area contributed by atoms with E-state index in [-0.39, 0.29) is 16.9 Å². The van der Waals surface area contributed by atoms with Crippen LogP contribution in [0.25, 0.3) is 11.0 Å². The minimum absolute atomic E-state index is 0.0514. The second kappa shape index (κ2) is 8.08. The lowest BCUT2D eigenvalue weighted by Crippen LogP contribution is -2.22. The summed E-state index contributed by atoms with van der Waals surface area (Å²) in [7, 11) is 1.54. The number of benzene rings is 2. The number of carbonyl (C=O) groups excluding carboxylic acids is 1. The normalized spacial score (nSPS) is 11.5. The Balaban J connectivity index is 1.87. The molecule has 150 valence electrons. The molecule has 30 heavy (non-hydrogen) atoms. The molecule has 2 N–H and O–H groups in total. The number of amides is 1. The first kappa shape index (κ1) is 19.2. The van der Waals surface area contributed by atoms with Crippen molar-refractivity contribution in [2.45, 2.75) is 6.92 Å². The number of carbonyl (C=O) groups is 1. The molecule has 0 aliphatic heterocycles. The lowest BCUT2D eigenvalue weighted by atomic mass is 10.1. The molecule has 7 heteroatoms. The van der Waals surface area contributed by atoms with Crippen LogP contribution < -0.4 is 15.6 Å². The average Bonchev–Trinajstić information content (AvgIpc) is 2.75. The molecule has 0 bridgehead atoms. The van der Waals surface area contributed by atoms with Gasteiger partial charge >= 0.3 is 0 Å². The number of aromatic hydroxyl groups is 1. The van der Waals surface area contributed by atoms with Crippen molar-refractivity contribution in [3.8, 4) is 11.5 Å². The van der Waals surface area contributed by atoms with Crippen LogP contribution in [0, 0.1) is 6.92 Å². The SMILES string of the molecule is COc1ccccc1N=c1oc2cc(O)ccc2cc1C(=O)Nc1ccc(C)cn1. The Morgan fingerprint density at radius 1 is 1.13 bits per heavy atom. The van der Waals surface area contributed by atoms with Crippen LogP contribution in [0.4, 0.5) is 11.5 Å². The highest BCUT2D eigenvalue weighted by atomic mass is 16.5. The lowest BCUT2D eigenvalue weighted by molar-refractivity contribution is 0.102. The van der Waals surface area contributed by atoms with E-state index in [4.69, 9.17) is 9.15 Å². The zero-order valence-electron chi connectivity index (χ0n) is 16.4. The molecular formula is C23H19N3O4. The van der Waals surface area contributed by atoms with Gasteiger partial charge in [0.05, 0.1) is 7.11 Å². The van der Waals surface area contributed by atoms with E-state index in [9.17, 15) is 9.90 Å². The molecule has 0 unspecified atom stereocenters. The highest BCUT2D eigenvalue weighted by Crippen LogP contribution is 2.26. The van der Waals surface area contributed by atoms with E-state index in [1.807, 2.05) is 25.1 Å². The summed E-state index contributed by atoms with van der Waals surface area (Å²) in [6.07, 6.45) is 1.67. The van der Waals surface area contributed by atoms with Crippen molar-refractivity contribution in [1.82, 2.24) is 4.98 Å². The Morgan fingerprint density at radius 3 is 2.73 bits per heavy atom. The maximum Gasteiger partial charge on any atom is 0.262 e. The fourth-order valence-electron chi connectivity index (χ4n) is 2.91. The zero-order chi connectivity index (χ0) is 21.1. The van der Waals surface area contributed by atoms with Gasteiger partial charge in [0.1, 0.15) is 34.2 Å². The molecule has 7 nitrogen and oxygen atoms in total. The molecule has 4 rings (SSSR count). The van der Waals surface area contributed by atoms with Crippen molar-refractivity contribution in [3.05, 3.63) is 83.5 Å². The summed E-state index contributed by atoms with van der Waals surface area (Å²) in [6.45, 7) is 1.92. The van der Waals surface area contributed by atoms with Gasteiger partial charge in [-0.25, -0.2) is 9.98 Å². The Hall–Kier alpha value is -4.13. The maximum absolute atomic E-state index is 13.0. The number of fused-ring (bicyclic) bond motifs is 1. The Kier molecular flexibility index (Phi) is 5.17. The van der Waals surface area contributed by atoms with Crippen molar-refractivity contribution in [3.63, 3.8) is 0 Å². The van der Waals surface area contributed by atoms with E-state index in [1.54, 1.807) is 43.6 Å². The van der Waals surface area contributed by atoms with Gasteiger partial charge in [-0.1, -0.05) is 18.2 Å². The first-order valence-corrected chi connectivity index (χ1v) is 9.22. The third-order valence-corrected chi connectivity index (χ3v) is 4.44. The van der Waals surface area contributed by atoms with Gasteiger partial charge in [-0.15, -0.1) is 0 Å². The van der Waals surface area contributed by atoms with Gasteiger partial charge in [-0.3, -0.25) is 4.79 Å². The number of pyridine rings is 1. The molecule has 2 heterocycles. The number of hydrogen-bond acceptors (Lipinski definition) is 6. The van der Waals surface area contributed by atoms with Crippen LogP contribution in [0.1, 0.15) is 15.9 Å². The predicted octanol–water partition coefficient (Wildman–Crippen LogP) is 4.34. The molecule has 0 fully saturated rings. The highest BCUT2D eigenvalue weighted by molar-refractivity contribution is 6.05. The van der Waals surface area contributed by atoms with E-state index in [0.717, 1.165) is 5.56 Å². The van der Waals surface area contributed by atoms with Gasteiger partial charge in [-0.2, -0.15) is 0 Å². The molecule has 0 saturated heterocycles. The number of nitrogens with one attached hydrogen (secondary N) is 1. The molecule has 0 spiro atoms. The summed E-state index contributed by atoms with van der Waals surface area (Å²) in [5, 5.41) is 13.2. The molecule has 2 aromatic carbocycles. The second-order valence-electron chi connectivity index (χ2n) is 6.65. The van der Waals surface area contributed by atoms with Crippen molar-refractivity contribution in [2.75, 3.05) is 12.4 Å². The first-order chi connectivity index (χ1) is 14.5. The standard InChI is InChI=1S/C23H19N3O4/c1-14-7-10-21(24-13-14)26-22(28)17-11-15-8-9-16(27)12-20(15)30-23(17)25-18-5-3-4-6-19(18)29-2/h3-13,27H,1-2H3,(H,24,26,28). The summed E-state index contributed by atoms with van der Waals surface area (Å²) in [5.74, 6) is 0.587. The average molecular weight is 401 g/mol. The smallest absolute Gasteiger partial charge is 0.262 e. The fraction of sp³-hybridized carbons (Fsp3) is 0.0870. The van der Waals surface area contributed by atoms with E-state index in [2.05, 4.69) is 15.3 Å². The van der Waals surface area contributed by atoms with Gasteiger partial charge in [0.25, 0.3) is 5.91 Å². The molecule has 0 atom stereocenters. The van der Waals surface area contributed by atoms with Crippen LogP contribution in [0.3, 0.4) is 0 Å². The predicted molar refractivity (Wildman–Crippen MR) is 113 cm³/mol. The quantitative estimate of drug-likeness (QED) is 0.530. The number of methoxy groups -OCH3 is 1. The van der Waals surface area contributed by atoms with Crippen molar-refractivity contribution >= 4 is 28.4 Å². The Labute approximate surface area is 172 Å². The molecular weight excluding hydrogens is 382 g/mol. The van der Waals surface area contributed by atoms with E-state index >= 15 is 0 Å². The molecule has 0 saturated carbocycles. The number of phenols is 1. The third-order valence-electron chi connectivity index (χ3n) is 4.44. The van der Waals surface area contributed by atoms with Gasteiger partial charge in [0, 0.05) is 17.6 Å². The molecule has 2 aromatic heterocycles. The number of nitrogens with zero attached hydrogens (tertiary/aromatic N) is 2. The summed E-state index contributed by atoms with van der Waals surface area (Å²) < 4.78 is 11.2. The van der Waals surface area contributed by atoms with Gasteiger partial charge in [0.2, 0.25) is 5.55 Å². The largest absolute Gasteiger partial charge is 0.508 e. The Morgan fingerprint density at radius 2 is 1.97 bits per heavy atom. The summed E-state index contributed by atoms with van der Waals surface area (Å²) >= 11 is 0. The van der Waals surface area contributed by atoms with Gasteiger partial charge in [0.15, 0.2) is 0 Å². The van der Waals surface area contributed by atoms with Gasteiger partial charge in [-0.05, 0) is 48.9 Å². The van der Waals surface area contributed by atoms with Crippen LogP contribution in [0.5, 0.6) is 11.5 Å². The van der Waals surface area contributed by atoms with E-state index in [0.29, 0.717) is 28.2 Å². The van der Waals surface area contributed by atoms with E-state index in [1.165, 1.54) is 12.1 Å². The second-order valence-corrected chi connectivity index (χ2v) is 6.65. The Bertz CT molecular complexity index is 1290.